The minimum Gasteiger partial charge on any atom is -0.362 e. The topological polar surface area (TPSA) is 36.4 Å². The fourth-order valence-corrected chi connectivity index (χ4v) is 1.41. The zero-order valence-corrected chi connectivity index (χ0v) is 7.18. The van der Waals surface area contributed by atoms with Crippen LogP contribution in [0.5, 0.6) is 0 Å². The van der Waals surface area contributed by atoms with Crippen molar-refractivity contribution in [2.24, 2.45) is 0 Å². The molecule has 0 unspecified atom stereocenters. The van der Waals surface area contributed by atoms with E-state index in [1.165, 1.54) is 0 Å². The molecule has 0 fully saturated rings. The molecule has 0 atom stereocenters. The van der Waals surface area contributed by atoms with Crippen LogP contribution in [-0.2, 0) is 0 Å². The van der Waals surface area contributed by atoms with Crippen LogP contribution in [0.3, 0.4) is 0 Å². The van der Waals surface area contributed by atoms with E-state index in [1.807, 2.05) is 0 Å². The molecule has 0 rings (SSSR count). The first-order valence-electron chi connectivity index (χ1n) is 2.87. The van der Waals surface area contributed by atoms with Gasteiger partial charge in [-0.1, -0.05) is 26.2 Å². The molecule has 0 amide bonds. The lowest BCUT2D eigenvalue weighted by Crippen LogP contribution is -2.32. The summed E-state index contributed by atoms with van der Waals surface area (Å²) in [6.07, 6.45) is 1.62. The summed E-state index contributed by atoms with van der Waals surface area (Å²) in [4.78, 5) is 3.14. The van der Waals surface area contributed by atoms with Gasteiger partial charge >= 0.3 is 0 Å². The second-order valence-electron chi connectivity index (χ2n) is 2.94. The molecule has 0 aromatic heterocycles. The molecule has 0 aliphatic heterocycles. The van der Waals surface area contributed by atoms with E-state index in [9.17, 15) is 0 Å². The van der Waals surface area contributed by atoms with Crippen molar-refractivity contribution in [3.63, 3.8) is 0 Å². The summed E-state index contributed by atoms with van der Waals surface area (Å²) < 4.78 is 0. The van der Waals surface area contributed by atoms with Crippen molar-refractivity contribution in [1.82, 2.24) is 0 Å². The summed E-state index contributed by atoms with van der Waals surface area (Å²) in [6.45, 7) is 9.85. The Hall–Kier alpha value is -0.663. The smallest absolute Gasteiger partial charge is 0.258 e. The Morgan fingerprint density at radius 1 is 1.56 bits per heavy atom. The van der Waals surface area contributed by atoms with Crippen molar-refractivity contribution in [2.75, 3.05) is 0 Å². The highest BCUT2D eigenvalue weighted by molar-refractivity contribution is 7.05. The Balaban J connectivity index is 4.53. The molecule has 0 radical (unpaired) electrons. The van der Waals surface area contributed by atoms with Crippen LogP contribution in [0.4, 0.5) is 0 Å². The first-order valence-corrected chi connectivity index (χ1v) is 6.37. The van der Waals surface area contributed by atoms with Crippen LogP contribution < -0.4 is 0 Å². The molecule has 0 aromatic carbocycles. The first-order chi connectivity index (χ1) is 4.02. The Bertz CT molecular complexity index is 160. The van der Waals surface area contributed by atoms with Gasteiger partial charge in [-0.15, -0.1) is 0 Å². The molecular weight excluding hydrogens is 128 g/mol. The molecule has 0 aliphatic carbocycles. The van der Waals surface area contributed by atoms with Gasteiger partial charge in [-0.2, -0.15) is 4.79 Å². The van der Waals surface area contributed by atoms with Gasteiger partial charge in [0, 0.05) is 6.08 Å². The van der Waals surface area contributed by atoms with E-state index in [2.05, 4.69) is 31.0 Å². The van der Waals surface area contributed by atoms with E-state index in [0.29, 0.717) is 0 Å². The molecule has 2 nitrogen and oxygen atoms in total. The maximum Gasteiger partial charge on any atom is 0.258 e. The summed E-state index contributed by atoms with van der Waals surface area (Å²) >= 11 is 0. The van der Waals surface area contributed by atoms with Crippen LogP contribution in [-0.4, -0.2) is 18.2 Å². The van der Waals surface area contributed by atoms with Crippen molar-refractivity contribution < 1.29 is 4.79 Å². The van der Waals surface area contributed by atoms with E-state index in [1.54, 1.807) is 6.08 Å². The van der Waals surface area contributed by atoms with E-state index in [4.69, 9.17) is 5.53 Å². The summed E-state index contributed by atoms with van der Waals surface area (Å²) in [6, 6.07) is 0. The molecule has 0 aliphatic rings. The molecule has 50 valence electrons. The van der Waals surface area contributed by atoms with E-state index in [-0.39, 0.29) is 0 Å². The molecule has 0 heterocycles. The minimum atomic E-state index is -1.40. The fraction of sp³-hybridized carbons (Fsp3) is 0.500. The van der Waals surface area contributed by atoms with Crippen LogP contribution in [0.25, 0.3) is 5.53 Å². The number of allylic oxidation sites excluding steroid dienone is 1. The maximum atomic E-state index is 8.41. The van der Waals surface area contributed by atoms with Crippen LogP contribution in [0.15, 0.2) is 12.7 Å². The number of hydrogen-bond acceptors (Lipinski definition) is 0. The van der Waals surface area contributed by atoms with Gasteiger partial charge in [0.2, 0.25) is 0 Å². The van der Waals surface area contributed by atoms with Crippen LogP contribution in [0, 0.1) is 0 Å². The summed E-state index contributed by atoms with van der Waals surface area (Å²) in [7, 11) is -1.40. The molecule has 9 heavy (non-hydrogen) atoms. The second-order valence-corrected chi connectivity index (χ2v) is 7.95. The van der Waals surface area contributed by atoms with Gasteiger partial charge in [-0.05, 0) is 0 Å². The summed E-state index contributed by atoms with van der Waals surface area (Å²) in [5.74, 6) is 0. The average Bonchev–Trinajstić information content (AvgIpc) is 1.65. The highest BCUT2D eigenvalue weighted by Gasteiger charge is 2.26. The third-order valence-corrected chi connectivity index (χ3v) is 2.91. The molecule has 3 heteroatoms. The van der Waals surface area contributed by atoms with E-state index < -0.39 is 8.07 Å². The van der Waals surface area contributed by atoms with E-state index >= 15 is 0 Å². The Morgan fingerprint density at radius 3 is 2.00 bits per heavy atom. The predicted molar refractivity (Wildman–Crippen MR) is 42.2 cm³/mol. The van der Waals surface area contributed by atoms with Gasteiger partial charge < -0.3 is 5.53 Å². The van der Waals surface area contributed by atoms with Gasteiger partial charge in [0.1, 0.15) is 0 Å². The van der Waals surface area contributed by atoms with Crippen molar-refractivity contribution in [2.45, 2.75) is 19.6 Å². The Labute approximate surface area is 56.8 Å². The van der Waals surface area contributed by atoms with Crippen LogP contribution in [0.1, 0.15) is 0 Å². The Kier molecular flexibility index (Phi) is 2.55. The zero-order valence-electron chi connectivity index (χ0n) is 6.18. The standard InChI is InChI=1S/C6H12N2Si/c1-5-6(8-7)9(2,3)4/h5H,1H2,2-4H3. The molecule has 0 spiro atoms. The molecule has 0 N–H and O–H groups in total. The van der Waals surface area contributed by atoms with Crippen molar-refractivity contribution in [3.05, 3.63) is 18.2 Å². The highest BCUT2D eigenvalue weighted by atomic mass is 28.3. The zero-order chi connectivity index (χ0) is 7.49. The number of hydrogen-bond donors (Lipinski definition) is 0. The van der Waals surface area contributed by atoms with Gasteiger partial charge in [0.15, 0.2) is 8.07 Å². The van der Waals surface area contributed by atoms with Crippen molar-refractivity contribution in [3.8, 4) is 0 Å². The van der Waals surface area contributed by atoms with Gasteiger partial charge in [0.05, 0.1) is 0 Å². The Morgan fingerprint density at radius 2 is 2.00 bits per heavy atom. The minimum absolute atomic E-state index is 0.752. The summed E-state index contributed by atoms with van der Waals surface area (Å²) in [5, 5.41) is 0.752. The lowest BCUT2D eigenvalue weighted by atomic mass is 10.7. The number of rotatable bonds is 2. The van der Waals surface area contributed by atoms with Crippen LogP contribution in [0.2, 0.25) is 19.6 Å². The van der Waals surface area contributed by atoms with Crippen molar-refractivity contribution >= 4 is 13.4 Å². The number of nitrogens with zero attached hydrogens (tertiary/aromatic N) is 2. The predicted octanol–water partition coefficient (Wildman–Crippen LogP) is 1.72. The molecule has 0 aromatic rings. The molecule has 0 bridgehead atoms. The molecular formula is C6H12N2Si. The quantitative estimate of drug-likeness (QED) is 0.242. The largest absolute Gasteiger partial charge is 0.362 e. The highest BCUT2D eigenvalue weighted by Crippen LogP contribution is 2.01. The van der Waals surface area contributed by atoms with Crippen LogP contribution >= 0.6 is 0 Å². The fourth-order valence-electron chi connectivity index (χ4n) is 0.497. The molecule has 0 saturated heterocycles. The van der Waals surface area contributed by atoms with Gasteiger partial charge in [0.25, 0.3) is 5.33 Å². The lowest BCUT2D eigenvalue weighted by Gasteiger charge is -2.04. The normalized spacial score (nSPS) is 10.1. The monoisotopic (exact) mass is 140 g/mol. The second kappa shape index (κ2) is 2.76. The average molecular weight is 140 g/mol. The first kappa shape index (κ1) is 8.34. The van der Waals surface area contributed by atoms with Gasteiger partial charge in [-0.25, -0.2) is 0 Å². The van der Waals surface area contributed by atoms with E-state index in [0.717, 1.165) is 5.33 Å². The summed E-state index contributed by atoms with van der Waals surface area (Å²) in [5.41, 5.74) is 8.41. The van der Waals surface area contributed by atoms with Crippen molar-refractivity contribution in [1.29, 1.82) is 0 Å². The van der Waals surface area contributed by atoms with Gasteiger partial charge in [-0.3, -0.25) is 0 Å². The lowest BCUT2D eigenvalue weighted by molar-refractivity contribution is 0.000410. The molecule has 0 saturated carbocycles. The SMILES string of the molecule is C=CC(=[N+]=[N-])[Si](C)(C)C. The third kappa shape index (κ3) is 2.40. The third-order valence-electron chi connectivity index (χ3n) is 1.07. The maximum absolute atomic E-state index is 8.41.